The predicted octanol–water partition coefficient (Wildman–Crippen LogP) is 2.09. The van der Waals surface area contributed by atoms with Crippen molar-refractivity contribution in [3.63, 3.8) is 0 Å². The number of nitrogens with zero attached hydrogens (tertiary/aromatic N) is 4. The molecule has 0 saturated heterocycles. The van der Waals surface area contributed by atoms with Crippen LogP contribution < -0.4 is 11.0 Å². The fourth-order valence-electron chi connectivity index (χ4n) is 2.00. The van der Waals surface area contributed by atoms with Gasteiger partial charge in [-0.25, -0.2) is 4.79 Å². The number of aryl methyl sites for hydroxylation is 1. The van der Waals surface area contributed by atoms with Gasteiger partial charge in [0.1, 0.15) is 11.5 Å². The van der Waals surface area contributed by atoms with Gasteiger partial charge < -0.3 is 5.32 Å². The highest BCUT2D eigenvalue weighted by Gasteiger charge is 2.13. The van der Waals surface area contributed by atoms with Gasteiger partial charge in [0.2, 0.25) is 5.91 Å². The molecule has 0 spiro atoms. The zero-order chi connectivity index (χ0) is 16.4. The molecule has 2 heterocycles. The fraction of sp³-hybridized carbons (Fsp3) is 0.143. The number of thiophene rings is 1. The van der Waals surface area contributed by atoms with Crippen LogP contribution in [0.25, 0.3) is 5.00 Å². The van der Waals surface area contributed by atoms with E-state index in [-0.39, 0.29) is 12.5 Å². The molecule has 0 fully saturated rings. The van der Waals surface area contributed by atoms with Crippen molar-refractivity contribution in [2.24, 2.45) is 0 Å². The number of carbonyl (C=O) groups excluding carboxylic acids is 1. The second-order valence-corrected chi connectivity index (χ2v) is 6.15. The lowest BCUT2D eigenvalue weighted by Gasteiger charge is -2.08. The fourth-order valence-corrected chi connectivity index (χ4v) is 2.89. The second kappa shape index (κ2) is 6.35. The molecule has 3 rings (SSSR count). The maximum atomic E-state index is 12.2. The van der Waals surface area contributed by atoms with E-state index in [1.165, 1.54) is 11.3 Å². The molecule has 0 aliphatic carbocycles. The Bertz CT molecular complexity index is 900. The monoisotopic (exact) mass is 349 g/mol. The third-order valence-corrected chi connectivity index (χ3v) is 4.19. The highest BCUT2D eigenvalue weighted by Crippen LogP contribution is 2.19. The number of nitrogens with one attached hydrogen (secondary N) is 1. The van der Waals surface area contributed by atoms with Crippen molar-refractivity contribution in [3.8, 4) is 5.00 Å². The Morgan fingerprint density at radius 3 is 2.87 bits per heavy atom. The van der Waals surface area contributed by atoms with E-state index in [4.69, 9.17) is 11.6 Å². The molecule has 1 aromatic carbocycles. The SMILES string of the molecule is Cc1cc(Cl)ccc1NC(=O)Cn1nnn(-c2cccs2)c1=O. The molecule has 0 aliphatic rings. The summed E-state index contributed by atoms with van der Waals surface area (Å²) in [6, 6.07) is 8.70. The highest BCUT2D eigenvalue weighted by atomic mass is 35.5. The third kappa shape index (κ3) is 3.33. The topological polar surface area (TPSA) is 81.8 Å². The van der Waals surface area contributed by atoms with E-state index in [1.807, 2.05) is 18.4 Å². The number of rotatable bonds is 4. The predicted molar refractivity (Wildman–Crippen MR) is 88.3 cm³/mol. The van der Waals surface area contributed by atoms with Gasteiger partial charge in [0, 0.05) is 10.7 Å². The molecular formula is C14H12ClN5O2S. The zero-order valence-electron chi connectivity index (χ0n) is 12.1. The Balaban J connectivity index is 1.75. The molecule has 23 heavy (non-hydrogen) atoms. The number of benzene rings is 1. The van der Waals surface area contributed by atoms with Crippen LogP contribution in [-0.4, -0.2) is 25.7 Å². The summed E-state index contributed by atoms with van der Waals surface area (Å²) in [5.41, 5.74) is 1.01. The summed E-state index contributed by atoms with van der Waals surface area (Å²) >= 11 is 7.24. The number of hydrogen-bond donors (Lipinski definition) is 1. The lowest BCUT2D eigenvalue weighted by Crippen LogP contribution is -2.29. The van der Waals surface area contributed by atoms with Crippen molar-refractivity contribution in [2.75, 3.05) is 5.32 Å². The molecule has 1 amide bonds. The Morgan fingerprint density at radius 1 is 1.35 bits per heavy atom. The van der Waals surface area contributed by atoms with E-state index in [0.717, 1.165) is 14.9 Å². The smallest absolute Gasteiger partial charge is 0.324 e. The van der Waals surface area contributed by atoms with Gasteiger partial charge in [-0.3, -0.25) is 4.79 Å². The quantitative estimate of drug-likeness (QED) is 0.782. The minimum atomic E-state index is -0.463. The summed E-state index contributed by atoms with van der Waals surface area (Å²) in [6.07, 6.45) is 0. The van der Waals surface area contributed by atoms with Gasteiger partial charge in [-0.1, -0.05) is 11.6 Å². The molecule has 118 valence electrons. The van der Waals surface area contributed by atoms with E-state index in [1.54, 1.807) is 24.3 Å². The average molecular weight is 350 g/mol. The van der Waals surface area contributed by atoms with Crippen LogP contribution in [0.2, 0.25) is 5.02 Å². The molecule has 0 aliphatic heterocycles. The molecule has 0 radical (unpaired) electrons. The Kier molecular flexibility index (Phi) is 4.26. The van der Waals surface area contributed by atoms with Crippen molar-refractivity contribution in [2.45, 2.75) is 13.5 Å². The van der Waals surface area contributed by atoms with E-state index < -0.39 is 5.69 Å². The summed E-state index contributed by atoms with van der Waals surface area (Å²) in [7, 11) is 0. The van der Waals surface area contributed by atoms with Gasteiger partial charge >= 0.3 is 5.69 Å². The van der Waals surface area contributed by atoms with Crippen LogP contribution in [0, 0.1) is 6.92 Å². The Labute approximate surface area is 140 Å². The molecule has 0 atom stereocenters. The minimum absolute atomic E-state index is 0.216. The molecule has 0 bridgehead atoms. The first-order chi connectivity index (χ1) is 11.0. The summed E-state index contributed by atoms with van der Waals surface area (Å²) in [5, 5.41) is 13.3. The average Bonchev–Trinajstić information content (AvgIpc) is 3.13. The van der Waals surface area contributed by atoms with Crippen LogP contribution in [-0.2, 0) is 11.3 Å². The third-order valence-electron chi connectivity index (χ3n) is 3.11. The molecule has 3 aromatic rings. The first-order valence-electron chi connectivity index (χ1n) is 6.67. The highest BCUT2D eigenvalue weighted by molar-refractivity contribution is 7.12. The van der Waals surface area contributed by atoms with Gasteiger partial charge in [0.15, 0.2) is 0 Å². The van der Waals surface area contributed by atoms with E-state index in [9.17, 15) is 9.59 Å². The molecule has 0 unspecified atom stereocenters. The van der Waals surface area contributed by atoms with Gasteiger partial charge in [-0.05, 0) is 58.6 Å². The second-order valence-electron chi connectivity index (χ2n) is 4.79. The summed E-state index contributed by atoms with van der Waals surface area (Å²) in [5.74, 6) is -0.365. The number of hydrogen-bond acceptors (Lipinski definition) is 5. The number of carbonyl (C=O) groups is 1. The normalized spacial score (nSPS) is 10.7. The van der Waals surface area contributed by atoms with Crippen LogP contribution in [0.1, 0.15) is 5.56 Å². The lowest BCUT2D eigenvalue weighted by atomic mass is 10.2. The largest absolute Gasteiger partial charge is 0.369 e. The number of aromatic nitrogens is 4. The molecule has 1 N–H and O–H groups in total. The van der Waals surface area contributed by atoms with Gasteiger partial charge in [-0.2, -0.15) is 9.36 Å². The van der Waals surface area contributed by atoms with Crippen molar-refractivity contribution in [1.29, 1.82) is 0 Å². The van der Waals surface area contributed by atoms with Crippen molar-refractivity contribution in [3.05, 3.63) is 56.8 Å². The van der Waals surface area contributed by atoms with E-state index >= 15 is 0 Å². The minimum Gasteiger partial charge on any atom is -0.324 e. The van der Waals surface area contributed by atoms with Crippen LogP contribution in [0.4, 0.5) is 5.69 Å². The maximum Gasteiger partial charge on any atom is 0.369 e. The van der Waals surface area contributed by atoms with Crippen molar-refractivity contribution >= 4 is 34.5 Å². The zero-order valence-corrected chi connectivity index (χ0v) is 13.6. The van der Waals surface area contributed by atoms with Crippen LogP contribution in [0.15, 0.2) is 40.5 Å². The number of anilines is 1. The Hall–Kier alpha value is -2.45. The van der Waals surface area contributed by atoms with Gasteiger partial charge in [0.25, 0.3) is 0 Å². The van der Waals surface area contributed by atoms with E-state index in [0.29, 0.717) is 15.7 Å². The first kappa shape index (κ1) is 15.4. The molecule has 9 heteroatoms. The van der Waals surface area contributed by atoms with Crippen LogP contribution in [0.3, 0.4) is 0 Å². The summed E-state index contributed by atoms with van der Waals surface area (Å²) < 4.78 is 2.17. The number of amides is 1. The maximum absolute atomic E-state index is 12.2. The lowest BCUT2D eigenvalue weighted by molar-refractivity contribution is -0.117. The molecular weight excluding hydrogens is 338 g/mol. The Morgan fingerprint density at radius 2 is 2.17 bits per heavy atom. The molecule has 7 nitrogen and oxygen atoms in total. The van der Waals surface area contributed by atoms with Crippen LogP contribution in [0.5, 0.6) is 0 Å². The standard InChI is InChI=1S/C14H12ClN5O2S/c1-9-7-10(15)4-5-11(9)16-12(21)8-19-14(22)20(18-17-19)13-3-2-6-23-13/h2-7H,8H2,1H3,(H,16,21). The first-order valence-corrected chi connectivity index (χ1v) is 7.93. The summed E-state index contributed by atoms with van der Waals surface area (Å²) in [4.78, 5) is 24.3. The molecule has 2 aromatic heterocycles. The summed E-state index contributed by atoms with van der Waals surface area (Å²) in [6.45, 7) is 1.62. The van der Waals surface area contributed by atoms with Gasteiger partial charge in [-0.15, -0.1) is 11.3 Å². The van der Waals surface area contributed by atoms with Crippen molar-refractivity contribution < 1.29 is 4.79 Å². The number of tetrazole rings is 1. The van der Waals surface area contributed by atoms with Crippen LogP contribution >= 0.6 is 22.9 Å². The molecule has 0 saturated carbocycles. The number of halogens is 1. The van der Waals surface area contributed by atoms with E-state index in [2.05, 4.69) is 15.7 Å². The van der Waals surface area contributed by atoms with Crippen molar-refractivity contribution in [1.82, 2.24) is 19.8 Å². The van der Waals surface area contributed by atoms with Gasteiger partial charge in [0.05, 0.1) is 0 Å².